The van der Waals surface area contributed by atoms with Crippen molar-refractivity contribution < 1.29 is 17.9 Å². The molecule has 0 bridgehead atoms. The van der Waals surface area contributed by atoms with Gasteiger partial charge in [0, 0.05) is 30.2 Å². The lowest BCUT2D eigenvalue weighted by Gasteiger charge is -2.35. The van der Waals surface area contributed by atoms with Gasteiger partial charge in [0.2, 0.25) is 5.91 Å². The van der Waals surface area contributed by atoms with E-state index in [4.69, 9.17) is 10.00 Å². The van der Waals surface area contributed by atoms with Crippen LogP contribution in [0.15, 0.2) is 35.4 Å². The number of hydrogen-bond acceptors (Lipinski definition) is 5. The van der Waals surface area contributed by atoms with Crippen LogP contribution < -0.4 is 0 Å². The Balaban J connectivity index is 1.94. The number of para-hydroxylation sites is 1. The predicted octanol–water partition coefficient (Wildman–Crippen LogP) is 1.57. The summed E-state index contributed by atoms with van der Waals surface area (Å²) in [7, 11) is -3.72. The SMILES string of the molecule is C[C@@H]1CN(C(=O)Cn2cc(S(=O)(=O)CC#N)c3ccccc32)C[C@@H](C)O1. The minimum Gasteiger partial charge on any atom is -0.372 e. The lowest BCUT2D eigenvalue weighted by Crippen LogP contribution is -2.49. The van der Waals surface area contributed by atoms with Gasteiger partial charge in [-0.25, -0.2) is 8.42 Å². The minimum absolute atomic E-state index is 0.0318. The first-order valence-electron chi connectivity index (χ1n) is 8.42. The van der Waals surface area contributed by atoms with Gasteiger partial charge in [0.15, 0.2) is 9.84 Å². The summed E-state index contributed by atoms with van der Waals surface area (Å²) in [6, 6.07) is 8.70. The molecule has 1 aliphatic rings. The molecule has 1 aromatic heterocycles. The molecule has 8 heteroatoms. The van der Waals surface area contributed by atoms with Crippen LogP contribution in [0.1, 0.15) is 13.8 Å². The lowest BCUT2D eigenvalue weighted by atomic mass is 10.2. The summed E-state index contributed by atoms with van der Waals surface area (Å²) in [4.78, 5) is 14.6. The number of amides is 1. The maximum atomic E-state index is 12.7. The van der Waals surface area contributed by atoms with E-state index in [-0.39, 0.29) is 29.6 Å². The van der Waals surface area contributed by atoms with Crippen molar-refractivity contribution in [2.75, 3.05) is 18.8 Å². The van der Waals surface area contributed by atoms with Gasteiger partial charge in [0.1, 0.15) is 12.3 Å². The zero-order chi connectivity index (χ0) is 18.9. The molecule has 1 saturated heterocycles. The summed E-state index contributed by atoms with van der Waals surface area (Å²) >= 11 is 0. The van der Waals surface area contributed by atoms with Crippen molar-refractivity contribution >= 4 is 26.6 Å². The maximum absolute atomic E-state index is 12.7. The fraction of sp³-hybridized carbons (Fsp3) is 0.444. The first-order chi connectivity index (χ1) is 12.3. The van der Waals surface area contributed by atoms with Gasteiger partial charge in [0.05, 0.1) is 23.2 Å². The van der Waals surface area contributed by atoms with E-state index in [1.165, 1.54) is 6.20 Å². The van der Waals surface area contributed by atoms with Crippen LogP contribution in [0, 0.1) is 11.3 Å². The number of fused-ring (bicyclic) bond motifs is 1. The molecule has 138 valence electrons. The van der Waals surface area contributed by atoms with Crippen LogP contribution in [0.4, 0.5) is 0 Å². The van der Waals surface area contributed by atoms with E-state index in [2.05, 4.69) is 0 Å². The molecule has 7 nitrogen and oxygen atoms in total. The van der Waals surface area contributed by atoms with Gasteiger partial charge in [0.25, 0.3) is 0 Å². The molecule has 2 atom stereocenters. The third kappa shape index (κ3) is 3.59. The number of rotatable bonds is 4. The van der Waals surface area contributed by atoms with E-state index < -0.39 is 15.6 Å². The molecule has 1 fully saturated rings. The van der Waals surface area contributed by atoms with E-state index in [1.807, 2.05) is 13.8 Å². The molecule has 0 saturated carbocycles. The number of aromatic nitrogens is 1. The molecule has 2 aromatic rings. The average Bonchev–Trinajstić information content (AvgIpc) is 2.94. The second-order valence-corrected chi connectivity index (χ2v) is 8.57. The molecule has 3 rings (SSSR count). The molecule has 1 aromatic carbocycles. The van der Waals surface area contributed by atoms with Crippen LogP contribution in [0.25, 0.3) is 10.9 Å². The van der Waals surface area contributed by atoms with Gasteiger partial charge >= 0.3 is 0 Å². The Hall–Kier alpha value is -2.37. The summed E-state index contributed by atoms with van der Waals surface area (Å²) in [5, 5.41) is 9.33. The number of carbonyl (C=O) groups is 1. The summed E-state index contributed by atoms with van der Waals surface area (Å²) in [6.45, 7) is 4.92. The molecule has 2 heterocycles. The highest BCUT2D eigenvalue weighted by atomic mass is 32.2. The number of sulfone groups is 1. The minimum atomic E-state index is -3.72. The Morgan fingerprint density at radius 3 is 2.58 bits per heavy atom. The molecule has 1 aliphatic heterocycles. The molecule has 0 aliphatic carbocycles. The Morgan fingerprint density at radius 2 is 1.92 bits per heavy atom. The van der Waals surface area contributed by atoms with Gasteiger partial charge in [-0.3, -0.25) is 4.79 Å². The van der Waals surface area contributed by atoms with Gasteiger partial charge in [-0.2, -0.15) is 5.26 Å². The standard InChI is InChI=1S/C18H21N3O4S/c1-13-9-21(10-14(2)25-13)18(22)12-20-11-17(26(23,24)8-7-19)15-5-3-4-6-16(15)20/h3-6,11,13-14H,8-10,12H2,1-2H3/t13-,14-/m1/s1. The number of ether oxygens (including phenoxy) is 1. The van der Waals surface area contributed by atoms with Crippen molar-refractivity contribution in [2.24, 2.45) is 0 Å². The fourth-order valence-electron chi connectivity index (χ4n) is 3.38. The topological polar surface area (TPSA) is 92.4 Å². The van der Waals surface area contributed by atoms with Crippen LogP contribution in [-0.4, -0.2) is 54.8 Å². The number of carbonyl (C=O) groups excluding carboxylic acids is 1. The molecule has 0 N–H and O–H groups in total. The van der Waals surface area contributed by atoms with Crippen molar-refractivity contribution in [2.45, 2.75) is 37.5 Å². The summed E-state index contributed by atoms with van der Waals surface area (Å²) in [5.41, 5.74) is 0.659. The number of hydrogen-bond donors (Lipinski definition) is 0. The molecular formula is C18H21N3O4S. The first-order valence-corrected chi connectivity index (χ1v) is 10.1. The van der Waals surface area contributed by atoms with Crippen LogP contribution in [0.2, 0.25) is 0 Å². The second-order valence-electron chi connectivity index (χ2n) is 6.61. The number of morpholine rings is 1. The molecule has 0 spiro atoms. The number of nitriles is 1. The zero-order valence-corrected chi connectivity index (χ0v) is 15.6. The molecule has 26 heavy (non-hydrogen) atoms. The number of nitrogens with zero attached hydrogens (tertiary/aromatic N) is 3. The highest BCUT2D eigenvalue weighted by molar-refractivity contribution is 7.91. The third-order valence-corrected chi connectivity index (χ3v) is 5.92. The van der Waals surface area contributed by atoms with Crippen molar-refractivity contribution in [3.05, 3.63) is 30.5 Å². The van der Waals surface area contributed by atoms with E-state index >= 15 is 0 Å². The summed E-state index contributed by atoms with van der Waals surface area (Å²) in [5.74, 6) is -0.676. The highest BCUT2D eigenvalue weighted by Crippen LogP contribution is 2.26. The van der Waals surface area contributed by atoms with Crippen molar-refractivity contribution in [3.63, 3.8) is 0 Å². The Bertz CT molecular complexity index is 964. The first kappa shape index (κ1) is 18.4. The second kappa shape index (κ2) is 7.09. The monoisotopic (exact) mass is 375 g/mol. The lowest BCUT2D eigenvalue weighted by molar-refractivity contribution is -0.143. The largest absolute Gasteiger partial charge is 0.372 e. The Kier molecular flexibility index (Phi) is 5.03. The van der Waals surface area contributed by atoms with Crippen molar-refractivity contribution in [1.29, 1.82) is 5.26 Å². The van der Waals surface area contributed by atoms with Gasteiger partial charge < -0.3 is 14.2 Å². The van der Waals surface area contributed by atoms with E-state index in [0.717, 1.165) is 0 Å². The fourth-order valence-corrected chi connectivity index (χ4v) is 4.50. The zero-order valence-electron chi connectivity index (χ0n) is 14.8. The average molecular weight is 375 g/mol. The Morgan fingerprint density at radius 1 is 1.27 bits per heavy atom. The predicted molar refractivity (Wildman–Crippen MR) is 96.2 cm³/mol. The van der Waals surface area contributed by atoms with E-state index in [0.29, 0.717) is 24.0 Å². The third-order valence-electron chi connectivity index (χ3n) is 4.42. The molecule has 0 radical (unpaired) electrons. The normalized spacial score (nSPS) is 20.9. The molecular weight excluding hydrogens is 354 g/mol. The van der Waals surface area contributed by atoms with Gasteiger partial charge in [-0.05, 0) is 19.9 Å². The smallest absolute Gasteiger partial charge is 0.242 e. The van der Waals surface area contributed by atoms with Crippen LogP contribution >= 0.6 is 0 Å². The van der Waals surface area contributed by atoms with Gasteiger partial charge in [-0.15, -0.1) is 0 Å². The van der Waals surface area contributed by atoms with Crippen molar-refractivity contribution in [1.82, 2.24) is 9.47 Å². The summed E-state index contributed by atoms with van der Waals surface area (Å²) in [6.07, 6.45) is 1.40. The van der Waals surface area contributed by atoms with E-state index in [9.17, 15) is 13.2 Å². The molecule has 1 amide bonds. The Labute approximate surface area is 152 Å². The van der Waals surface area contributed by atoms with Crippen molar-refractivity contribution in [3.8, 4) is 6.07 Å². The number of benzene rings is 1. The van der Waals surface area contributed by atoms with Crippen LogP contribution in [-0.2, 0) is 25.9 Å². The van der Waals surface area contributed by atoms with Crippen LogP contribution in [0.5, 0.6) is 0 Å². The summed E-state index contributed by atoms with van der Waals surface area (Å²) < 4.78 is 32.1. The quantitative estimate of drug-likeness (QED) is 0.809. The van der Waals surface area contributed by atoms with Crippen LogP contribution in [0.3, 0.4) is 0 Å². The highest BCUT2D eigenvalue weighted by Gasteiger charge is 2.27. The molecule has 0 unspecified atom stereocenters. The van der Waals surface area contributed by atoms with E-state index in [1.54, 1.807) is 39.8 Å². The van der Waals surface area contributed by atoms with Gasteiger partial charge in [-0.1, -0.05) is 18.2 Å². The maximum Gasteiger partial charge on any atom is 0.242 e.